The molecule has 0 saturated heterocycles. The van der Waals surface area contributed by atoms with E-state index in [1.165, 1.54) is 16.9 Å². The molecule has 0 radical (unpaired) electrons. The molecule has 5 heteroatoms. The van der Waals surface area contributed by atoms with Gasteiger partial charge in [-0.15, -0.1) is 0 Å². The van der Waals surface area contributed by atoms with Crippen LogP contribution in [0.4, 0.5) is 0 Å². The second kappa shape index (κ2) is 5.98. The Morgan fingerprint density at radius 3 is 2.44 bits per heavy atom. The molecule has 4 nitrogen and oxygen atoms in total. The highest BCUT2D eigenvalue weighted by Gasteiger charge is 2.13. The van der Waals surface area contributed by atoms with E-state index in [0.29, 0.717) is 6.54 Å². The molecule has 0 aliphatic carbocycles. The fourth-order valence-electron chi connectivity index (χ4n) is 1.43. The molecule has 0 spiro atoms. The molecule has 0 saturated carbocycles. The monoisotopic (exact) mass is 242 g/mol. The lowest BCUT2D eigenvalue weighted by molar-refractivity contribution is 0.454. The van der Waals surface area contributed by atoms with E-state index >= 15 is 0 Å². The van der Waals surface area contributed by atoms with Crippen LogP contribution in [0.3, 0.4) is 0 Å². The maximum atomic E-state index is 11.4. The minimum absolute atomic E-state index is 0.526. The molecular formula is C11H18N2O2S. The minimum Gasteiger partial charge on any atom is -0.205 e. The second-order valence-corrected chi connectivity index (χ2v) is 5.60. The summed E-state index contributed by atoms with van der Waals surface area (Å²) in [5.41, 5.74) is 1.23. The Kier molecular flexibility index (Phi) is 4.92. The van der Waals surface area contributed by atoms with Gasteiger partial charge >= 0.3 is 0 Å². The number of hydrogen-bond acceptors (Lipinski definition) is 2. The summed E-state index contributed by atoms with van der Waals surface area (Å²) >= 11 is 0. The minimum atomic E-state index is -3.27. The first-order valence-electron chi connectivity index (χ1n) is 5.25. The summed E-state index contributed by atoms with van der Waals surface area (Å²) < 4.78 is 26.3. The molecule has 0 aromatic heterocycles. The van der Waals surface area contributed by atoms with Gasteiger partial charge in [0.05, 0.1) is 0 Å². The number of rotatable bonds is 6. The number of nitrogens with one attached hydrogen (secondary N) is 1. The molecule has 0 atom stereocenters. The molecule has 1 aromatic carbocycles. The van der Waals surface area contributed by atoms with Gasteiger partial charge in [0.2, 0.25) is 0 Å². The number of nitrogens with zero attached hydrogens (tertiary/aromatic N) is 1. The van der Waals surface area contributed by atoms with E-state index in [2.05, 4.69) is 4.72 Å². The fraction of sp³-hybridized carbons (Fsp3) is 0.455. The van der Waals surface area contributed by atoms with Gasteiger partial charge in [0.15, 0.2) is 0 Å². The predicted molar refractivity (Wildman–Crippen MR) is 65.4 cm³/mol. The summed E-state index contributed by atoms with van der Waals surface area (Å²) in [4.78, 5) is 0. The molecule has 1 N–H and O–H groups in total. The molecule has 0 aliphatic heterocycles. The highest BCUT2D eigenvalue weighted by Crippen LogP contribution is 2.04. The molecule has 0 fully saturated rings. The largest absolute Gasteiger partial charge is 0.278 e. The molecule has 90 valence electrons. The summed E-state index contributed by atoms with van der Waals surface area (Å²) in [6, 6.07) is 10.0. The van der Waals surface area contributed by atoms with Crippen molar-refractivity contribution in [2.24, 2.45) is 0 Å². The van der Waals surface area contributed by atoms with Crippen LogP contribution in [-0.2, 0) is 16.6 Å². The zero-order valence-corrected chi connectivity index (χ0v) is 10.5. The van der Waals surface area contributed by atoms with Gasteiger partial charge in [-0.25, -0.2) is 4.72 Å². The Bertz CT molecular complexity index is 403. The standard InChI is InChI=1S/C11H18N2O2S/c1-12-16(14,15)13(2)10-6-9-11-7-4-3-5-8-11/h3-5,7-8,12H,6,9-10H2,1-2H3. The van der Waals surface area contributed by atoms with Crippen molar-refractivity contribution in [3.05, 3.63) is 35.9 Å². The Labute approximate surface area is 97.5 Å². The number of hydrogen-bond donors (Lipinski definition) is 1. The van der Waals surface area contributed by atoms with Crippen LogP contribution < -0.4 is 4.72 Å². The smallest absolute Gasteiger partial charge is 0.205 e. The number of benzene rings is 1. The quantitative estimate of drug-likeness (QED) is 0.809. The van der Waals surface area contributed by atoms with E-state index in [9.17, 15) is 8.42 Å². The first-order chi connectivity index (χ1) is 7.56. The predicted octanol–water partition coefficient (Wildman–Crippen LogP) is 1.02. The third-order valence-electron chi connectivity index (χ3n) is 2.45. The zero-order chi connectivity index (χ0) is 12.0. The van der Waals surface area contributed by atoms with E-state index in [-0.39, 0.29) is 0 Å². The first-order valence-corrected chi connectivity index (χ1v) is 6.69. The molecule has 0 heterocycles. The molecule has 0 aliphatic rings. The maximum Gasteiger partial charge on any atom is 0.278 e. The summed E-state index contributed by atoms with van der Waals surface area (Å²) in [5.74, 6) is 0. The van der Waals surface area contributed by atoms with Crippen LogP contribution in [0.25, 0.3) is 0 Å². The van der Waals surface area contributed by atoms with Gasteiger partial charge in [0.25, 0.3) is 10.2 Å². The molecule has 0 unspecified atom stereocenters. The Morgan fingerprint density at radius 2 is 1.88 bits per heavy atom. The third-order valence-corrected chi connectivity index (χ3v) is 3.97. The zero-order valence-electron chi connectivity index (χ0n) is 9.68. The van der Waals surface area contributed by atoms with Crippen LogP contribution >= 0.6 is 0 Å². The van der Waals surface area contributed by atoms with Crippen LogP contribution in [0.2, 0.25) is 0 Å². The van der Waals surface area contributed by atoms with Gasteiger partial charge in [-0.3, -0.25) is 0 Å². The van der Waals surface area contributed by atoms with Gasteiger partial charge in [-0.2, -0.15) is 12.7 Å². The van der Waals surface area contributed by atoms with Crippen LogP contribution in [0.1, 0.15) is 12.0 Å². The molecule has 16 heavy (non-hydrogen) atoms. The van der Waals surface area contributed by atoms with Crippen molar-refractivity contribution < 1.29 is 8.42 Å². The maximum absolute atomic E-state index is 11.4. The van der Waals surface area contributed by atoms with E-state index in [1.54, 1.807) is 7.05 Å². The highest BCUT2D eigenvalue weighted by molar-refractivity contribution is 7.87. The fourth-order valence-corrected chi connectivity index (χ4v) is 2.11. The van der Waals surface area contributed by atoms with Crippen molar-refractivity contribution >= 4 is 10.2 Å². The summed E-state index contributed by atoms with van der Waals surface area (Å²) in [6.45, 7) is 0.526. The summed E-state index contributed by atoms with van der Waals surface area (Å²) in [5, 5.41) is 0. The lowest BCUT2D eigenvalue weighted by Crippen LogP contribution is -2.36. The van der Waals surface area contributed by atoms with Crippen LogP contribution in [-0.4, -0.2) is 33.4 Å². The third kappa shape index (κ3) is 3.92. The summed E-state index contributed by atoms with van der Waals surface area (Å²) in [6.07, 6.45) is 1.71. The molecule has 0 bridgehead atoms. The highest BCUT2D eigenvalue weighted by atomic mass is 32.2. The van der Waals surface area contributed by atoms with Gasteiger partial charge < -0.3 is 0 Å². The molecule has 1 aromatic rings. The van der Waals surface area contributed by atoms with Crippen molar-refractivity contribution in [1.82, 2.24) is 9.03 Å². The van der Waals surface area contributed by atoms with E-state index in [0.717, 1.165) is 12.8 Å². The van der Waals surface area contributed by atoms with Crippen molar-refractivity contribution in [2.75, 3.05) is 20.6 Å². The van der Waals surface area contributed by atoms with Gasteiger partial charge in [-0.1, -0.05) is 30.3 Å². The first kappa shape index (κ1) is 13.2. The van der Waals surface area contributed by atoms with E-state index in [1.807, 2.05) is 30.3 Å². The second-order valence-electron chi connectivity index (χ2n) is 3.62. The molecule has 0 amide bonds. The van der Waals surface area contributed by atoms with Crippen molar-refractivity contribution in [1.29, 1.82) is 0 Å². The Morgan fingerprint density at radius 1 is 1.25 bits per heavy atom. The lowest BCUT2D eigenvalue weighted by atomic mass is 10.1. The van der Waals surface area contributed by atoms with E-state index in [4.69, 9.17) is 0 Å². The SMILES string of the molecule is CNS(=O)(=O)N(C)CCCc1ccccc1. The average molecular weight is 242 g/mol. The Hall–Kier alpha value is -0.910. The van der Waals surface area contributed by atoms with Crippen molar-refractivity contribution in [3.8, 4) is 0 Å². The average Bonchev–Trinajstić information content (AvgIpc) is 2.30. The van der Waals surface area contributed by atoms with Gasteiger partial charge in [0, 0.05) is 20.6 Å². The number of aryl methyl sites for hydroxylation is 1. The Balaban J connectivity index is 2.37. The van der Waals surface area contributed by atoms with E-state index < -0.39 is 10.2 Å². The lowest BCUT2D eigenvalue weighted by Gasteiger charge is -2.15. The van der Waals surface area contributed by atoms with Crippen molar-refractivity contribution in [2.45, 2.75) is 12.8 Å². The van der Waals surface area contributed by atoms with Gasteiger partial charge in [0.1, 0.15) is 0 Å². The van der Waals surface area contributed by atoms with Crippen molar-refractivity contribution in [3.63, 3.8) is 0 Å². The molecule has 1 rings (SSSR count). The normalized spacial score (nSPS) is 11.9. The van der Waals surface area contributed by atoms with Crippen LogP contribution in [0.15, 0.2) is 30.3 Å². The van der Waals surface area contributed by atoms with Gasteiger partial charge in [-0.05, 0) is 18.4 Å². The van der Waals surface area contributed by atoms with Crippen LogP contribution in [0.5, 0.6) is 0 Å². The molecular weight excluding hydrogens is 224 g/mol. The topological polar surface area (TPSA) is 49.4 Å². The van der Waals surface area contributed by atoms with Crippen LogP contribution in [0, 0.1) is 0 Å². The summed E-state index contributed by atoms with van der Waals surface area (Å²) in [7, 11) is -0.269.